The molecule has 21 heavy (non-hydrogen) atoms. The van der Waals surface area contributed by atoms with Gasteiger partial charge in [-0.05, 0) is 36.4 Å². The number of rotatable bonds is 1. The van der Waals surface area contributed by atoms with Crippen molar-refractivity contribution in [2.24, 2.45) is 0 Å². The van der Waals surface area contributed by atoms with Gasteiger partial charge in [0.1, 0.15) is 0 Å². The number of halogens is 1. The van der Waals surface area contributed by atoms with Crippen molar-refractivity contribution in [2.45, 2.75) is 6.04 Å². The molecule has 0 saturated carbocycles. The van der Waals surface area contributed by atoms with E-state index in [4.69, 9.17) is 11.6 Å². The highest BCUT2D eigenvalue weighted by atomic mass is 35.5. The van der Waals surface area contributed by atoms with Crippen LogP contribution in [-0.2, 0) is 4.79 Å². The summed E-state index contributed by atoms with van der Waals surface area (Å²) in [6.45, 7) is 0.387. The smallest absolute Gasteiger partial charge is 0.240 e. The van der Waals surface area contributed by atoms with Crippen LogP contribution in [0.2, 0.25) is 5.02 Å². The molecule has 3 nitrogen and oxygen atoms in total. The van der Waals surface area contributed by atoms with Crippen LogP contribution in [-0.4, -0.2) is 31.4 Å². The molecule has 0 spiro atoms. The Morgan fingerprint density at radius 3 is 2.43 bits per heavy atom. The topological polar surface area (TPSA) is 23.6 Å². The molecule has 0 radical (unpaired) electrons. The SMILES string of the molecule is CN1C(=O)CN(C)C(c2ccc(Cl)cc2)c2ccccc21. The third-order valence-corrected chi connectivity index (χ3v) is 4.23. The zero-order chi connectivity index (χ0) is 15.0. The van der Waals surface area contributed by atoms with E-state index in [9.17, 15) is 4.79 Å². The minimum absolute atomic E-state index is 0.0485. The molecule has 2 aromatic carbocycles. The zero-order valence-corrected chi connectivity index (χ0v) is 12.8. The molecule has 1 atom stereocenters. The molecular weight excluding hydrogens is 284 g/mol. The molecule has 2 aromatic rings. The van der Waals surface area contributed by atoms with Crippen molar-refractivity contribution in [3.63, 3.8) is 0 Å². The van der Waals surface area contributed by atoms with Gasteiger partial charge in [0, 0.05) is 17.8 Å². The van der Waals surface area contributed by atoms with E-state index in [0.29, 0.717) is 6.54 Å². The highest BCUT2D eigenvalue weighted by Gasteiger charge is 2.30. The summed E-state index contributed by atoms with van der Waals surface area (Å²) in [5, 5.41) is 0.719. The zero-order valence-electron chi connectivity index (χ0n) is 12.1. The summed E-state index contributed by atoms with van der Waals surface area (Å²) in [7, 11) is 3.81. The third-order valence-electron chi connectivity index (χ3n) is 3.98. The van der Waals surface area contributed by atoms with E-state index in [0.717, 1.165) is 21.8 Å². The molecule has 0 aliphatic carbocycles. The number of para-hydroxylation sites is 1. The average molecular weight is 301 g/mol. The lowest BCUT2D eigenvalue weighted by molar-refractivity contribution is -0.119. The number of hydrogen-bond acceptors (Lipinski definition) is 2. The number of anilines is 1. The fourth-order valence-corrected chi connectivity index (χ4v) is 3.01. The van der Waals surface area contributed by atoms with Crippen molar-refractivity contribution in [3.05, 3.63) is 64.7 Å². The van der Waals surface area contributed by atoms with Gasteiger partial charge in [-0.3, -0.25) is 9.69 Å². The van der Waals surface area contributed by atoms with E-state index >= 15 is 0 Å². The van der Waals surface area contributed by atoms with Crippen LogP contribution >= 0.6 is 11.6 Å². The van der Waals surface area contributed by atoms with E-state index in [1.165, 1.54) is 0 Å². The molecule has 108 valence electrons. The average Bonchev–Trinajstić information content (AvgIpc) is 2.57. The number of benzene rings is 2. The molecule has 1 aliphatic heterocycles. The number of likely N-dealkylation sites (N-methyl/N-ethyl adjacent to an activating group) is 2. The van der Waals surface area contributed by atoms with Gasteiger partial charge in [0.25, 0.3) is 0 Å². The molecule has 0 N–H and O–H groups in total. The molecule has 1 aliphatic rings. The van der Waals surface area contributed by atoms with Crippen LogP contribution in [0.25, 0.3) is 0 Å². The predicted molar refractivity (Wildman–Crippen MR) is 85.8 cm³/mol. The van der Waals surface area contributed by atoms with E-state index in [-0.39, 0.29) is 11.9 Å². The van der Waals surface area contributed by atoms with Crippen LogP contribution in [0.3, 0.4) is 0 Å². The van der Waals surface area contributed by atoms with E-state index in [2.05, 4.69) is 11.0 Å². The first-order valence-electron chi connectivity index (χ1n) is 6.89. The van der Waals surface area contributed by atoms with Gasteiger partial charge in [-0.2, -0.15) is 0 Å². The van der Waals surface area contributed by atoms with Gasteiger partial charge in [0.2, 0.25) is 5.91 Å². The fraction of sp³-hybridized carbons (Fsp3) is 0.235. The summed E-state index contributed by atoms with van der Waals surface area (Å²) in [5.41, 5.74) is 3.24. The maximum atomic E-state index is 12.3. The van der Waals surface area contributed by atoms with Crippen molar-refractivity contribution in [2.75, 3.05) is 25.5 Å². The molecule has 0 fully saturated rings. The molecule has 0 saturated heterocycles. The quantitative estimate of drug-likeness (QED) is 0.806. The third kappa shape index (κ3) is 2.55. The number of nitrogens with zero attached hydrogens (tertiary/aromatic N) is 2. The number of carbonyl (C=O) groups is 1. The summed E-state index contributed by atoms with van der Waals surface area (Å²) in [5.74, 6) is 0.0985. The largest absolute Gasteiger partial charge is 0.314 e. The minimum Gasteiger partial charge on any atom is -0.314 e. The van der Waals surface area contributed by atoms with Gasteiger partial charge < -0.3 is 4.90 Å². The Balaban J connectivity index is 2.16. The number of hydrogen-bond donors (Lipinski definition) is 0. The van der Waals surface area contributed by atoms with Crippen molar-refractivity contribution >= 4 is 23.2 Å². The Labute approximate surface area is 129 Å². The molecular formula is C17H17ClN2O. The van der Waals surface area contributed by atoms with Gasteiger partial charge >= 0.3 is 0 Å². The van der Waals surface area contributed by atoms with Crippen molar-refractivity contribution in [3.8, 4) is 0 Å². The van der Waals surface area contributed by atoms with Gasteiger partial charge in [0.15, 0.2) is 0 Å². The first-order valence-corrected chi connectivity index (χ1v) is 7.27. The highest BCUT2D eigenvalue weighted by Crippen LogP contribution is 2.36. The molecule has 0 aromatic heterocycles. The van der Waals surface area contributed by atoms with E-state index < -0.39 is 0 Å². The molecule has 4 heteroatoms. The first-order chi connectivity index (χ1) is 10.1. The Bertz CT molecular complexity index is 669. The van der Waals surface area contributed by atoms with Crippen LogP contribution in [0, 0.1) is 0 Å². The van der Waals surface area contributed by atoms with Crippen LogP contribution in [0.15, 0.2) is 48.5 Å². The lowest BCUT2D eigenvalue weighted by Gasteiger charge is -2.26. The first kappa shape index (κ1) is 14.1. The number of carbonyl (C=O) groups excluding carboxylic acids is 1. The highest BCUT2D eigenvalue weighted by molar-refractivity contribution is 6.30. The summed E-state index contributed by atoms with van der Waals surface area (Å²) >= 11 is 5.99. The number of fused-ring (bicyclic) bond motifs is 1. The molecule has 0 bridgehead atoms. The second-order valence-electron chi connectivity index (χ2n) is 5.38. The van der Waals surface area contributed by atoms with Gasteiger partial charge in [-0.25, -0.2) is 0 Å². The maximum absolute atomic E-state index is 12.3. The second-order valence-corrected chi connectivity index (χ2v) is 5.82. The fourth-order valence-electron chi connectivity index (χ4n) is 2.89. The minimum atomic E-state index is 0.0485. The summed E-state index contributed by atoms with van der Waals surface area (Å²) in [4.78, 5) is 16.1. The van der Waals surface area contributed by atoms with Gasteiger partial charge in [0.05, 0.1) is 12.6 Å². The predicted octanol–water partition coefficient (Wildman–Crippen LogP) is 3.34. The summed E-state index contributed by atoms with van der Waals surface area (Å²) in [6, 6.07) is 15.9. The van der Waals surface area contributed by atoms with E-state index in [1.54, 1.807) is 4.90 Å². The van der Waals surface area contributed by atoms with E-state index in [1.807, 2.05) is 56.6 Å². The maximum Gasteiger partial charge on any atom is 0.240 e. The van der Waals surface area contributed by atoms with Crippen LogP contribution < -0.4 is 4.90 Å². The van der Waals surface area contributed by atoms with Crippen molar-refractivity contribution in [1.82, 2.24) is 4.90 Å². The standard InChI is InChI=1S/C17H17ClN2O/c1-19-11-16(21)20(2)15-6-4-3-5-14(15)17(19)12-7-9-13(18)10-8-12/h3-10,17H,11H2,1-2H3. The van der Waals surface area contributed by atoms with Gasteiger partial charge in [-0.1, -0.05) is 41.9 Å². The molecule has 1 amide bonds. The van der Waals surface area contributed by atoms with Crippen molar-refractivity contribution < 1.29 is 4.79 Å². The molecule has 1 unspecified atom stereocenters. The molecule has 3 rings (SSSR count). The Hall–Kier alpha value is -1.84. The second kappa shape index (κ2) is 5.51. The van der Waals surface area contributed by atoms with Crippen LogP contribution in [0.1, 0.15) is 17.2 Å². The van der Waals surface area contributed by atoms with Gasteiger partial charge in [-0.15, -0.1) is 0 Å². The Kier molecular flexibility index (Phi) is 3.70. The molecule has 1 heterocycles. The van der Waals surface area contributed by atoms with Crippen LogP contribution in [0.4, 0.5) is 5.69 Å². The summed E-state index contributed by atoms with van der Waals surface area (Å²) < 4.78 is 0. The van der Waals surface area contributed by atoms with Crippen LogP contribution in [0.5, 0.6) is 0 Å². The lowest BCUT2D eigenvalue weighted by Crippen LogP contribution is -2.34. The lowest BCUT2D eigenvalue weighted by atomic mass is 9.96. The Morgan fingerprint density at radius 1 is 1.05 bits per heavy atom. The summed E-state index contributed by atoms with van der Waals surface area (Å²) in [6.07, 6.45) is 0. The number of amides is 1. The Morgan fingerprint density at radius 2 is 1.71 bits per heavy atom. The monoisotopic (exact) mass is 300 g/mol. The van der Waals surface area contributed by atoms with Crippen molar-refractivity contribution in [1.29, 1.82) is 0 Å². The normalized spacial score (nSPS) is 19.3.